The number of rotatable bonds is 5. The van der Waals surface area contributed by atoms with E-state index in [-0.39, 0.29) is 6.04 Å². The van der Waals surface area contributed by atoms with Crippen LogP contribution in [-0.4, -0.2) is 6.04 Å². The fourth-order valence-corrected chi connectivity index (χ4v) is 2.13. The first-order valence-corrected chi connectivity index (χ1v) is 6.32. The molecule has 17 heavy (non-hydrogen) atoms. The third-order valence-electron chi connectivity index (χ3n) is 2.70. The Morgan fingerprint density at radius 1 is 1.35 bits per heavy atom. The molecule has 92 valence electrons. The monoisotopic (exact) mass is 250 g/mol. The number of nitrogens with one attached hydrogen (secondary N) is 1. The van der Waals surface area contributed by atoms with Crippen LogP contribution in [0.25, 0.3) is 0 Å². The molecule has 0 aromatic heterocycles. The molecule has 0 saturated heterocycles. The molecule has 0 aliphatic carbocycles. The van der Waals surface area contributed by atoms with Gasteiger partial charge in [0.2, 0.25) is 0 Å². The summed E-state index contributed by atoms with van der Waals surface area (Å²) in [4.78, 5) is 0. The van der Waals surface area contributed by atoms with Gasteiger partial charge in [0.25, 0.3) is 0 Å². The minimum absolute atomic E-state index is 0.170. The van der Waals surface area contributed by atoms with E-state index < -0.39 is 0 Å². The lowest BCUT2D eigenvalue weighted by atomic mass is 9.92. The lowest BCUT2D eigenvalue weighted by Gasteiger charge is -2.21. The molecule has 2 unspecified atom stereocenters. The van der Waals surface area contributed by atoms with Crippen LogP contribution < -0.4 is 5.32 Å². The summed E-state index contributed by atoms with van der Waals surface area (Å²) in [6, 6.07) is 9.63. The molecule has 0 aliphatic rings. The predicted molar refractivity (Wildman–Crippen MR) is 73.1 cm³/mol. The third kappa shape index (κ3) is 4.66. The fourth-order valence-electron chi connectivity index (χ4n) is 1.94. The van der Waals surface area contributed by atoms with Crippen LogP contribution in [-0.2, 0) is 0 Å². The molecule has 1 aromatic rings. The highest BCUT2D eigenvalue weighted by atomic mass is 35.5. The number of halogens is 1. The Hall–Kier alpha value is -1.20. The largest absolute Gasteiger partial charge is 0.370 e. The fraction of sp³-hybridized carbons (Fsp3) is 0.500. The summed E-state index contributed by atoms with van der Waals surface area (Å²) in [6.45, 7) is 6.44. The summed E-state index contributed by atoms with van der Waals surface area (Å²) >= 11 is 5.91. The second-order valence-electron chi connectivity index (χ2n) is 4.87. The second kappa shape index (κ2) is 6.51. The Morgan fingerprint density at radius 2 is 2.06 bits per heavy atom. The van der Waals surface area contributed by atoms with Gasteiger partial charge in [0, 0.05) is 10.7 Å². The van der Waals surface area contributed by atoms with Gasteiger partial charge in [0.05, 0.1) is 6.07 Å². The molecule has 0 saturated carbocycles. The van der Waals surface area contributed by atoms with Gasteiger partial charge in [0.1, 0.15) is 6.04 Å². The van der Waals surface area contributed by atoms with Crippen LogP contribution in [0.1, 0.15) is 27.2 Å². The Balaban J connectivity index is 2.67. The minimum atomic E-state index is -0.170. The van der Waals surface area contributed by atoms with Crippen molar-refractivity contribution in [1.29, 1.82) is 5.26 Å². The summed E-state index contributed by atoms with van der Waals surface area (Å²) in [7, 11) is 0. The molecule has 1 rings (SSSR count). The Kier molecular flexibility index (Phi) is 5.31. The van der Waals surface area contributed by atoms with E-state index in [4.69, 9.17) is 11.6 Å². The first kappa shape index (κ1) is 13.9. The van der Waals surface area contributed by atoms with Crippen LogP contribution in [0.5, 0.6) is 0 Å². The number of hydrogen-bond acceptors (Lipinski definition) is 2. The zero-order valence-corrected chi connectivity index (χ0v) is 11.3. The van der Waals surface area contributed by atoms with Crippen LogP contribution >= 0.6 is 11.6 Å². The summed E-state index contributed by atoms with van der Waals surface area (Å²) in [5.41, 5.74) is 0.902. The van der Waals surface area contributed by atoms with Gasteiger partial charge in [-0.25, -0.2) is 0 Å². The number of benzene rings is 1. The first-order valence-electron chi connectivity index (χ1n) is 5.94. The maximum Gasteiger partial charge on any atom is 0.117 e. The standard InChI is InChI=1S/C14H19ClN2/c1-10(2)7-11(3)14(9-16)17-13-6-4-5-12(15)8-13/h4-6,8,10-11,14,17H,7H2,1-3H3. The average Bonchev–Trinajstić information content (AvgIpc) is 2.24. The van der Waals surface area contributed by atoms with Gasteiger partial charge in [-0.05, 0) is 36.5 Å². The van der Waals surface area contributed by atoms with E-state index in [1.807, 2.05) is 24.3 Å². The van der Waals surface area contributed by atoms with Crippen molar-refractivity contribution in [2.45, 2.75) is 33.2 Å². The molecule has 2 nitrogen and oxygen atoms in total. The number of nitrogens with zero attached hydrogens (tertiary/aromatic N) is 1. The highest BCUT2D eigenvalue weighted by molar-refractivity contribution is 6.30. The Labute approximate surface area is 109 Å². The van der Waals surface area contributed by atoms with Gasteiger partial charge >= 0.3 is 0 Å². The summed E-state index contributed by atoms with van der Waals surface area (Å²) in [6.07, 6.45) is 1.03. The molecule has 1 N–H and O–H groups in total. The molecular weight excluding hydrogens is 232 g/mol. The van der Waals surface area contributed by atoms with Crippen molar-refractivity contribution in [3.05, 3.63) is 29.3 Å². The molecule has 1 aromatic carbocycles. The van der Waals surface area contributed by atoms with E-state index in [0.717, 1.165) is 12.1 Å². The van der Waals surface area contributed by atoms with E-state index in [9.17, 15) is 5.26 Å². The van der Waals surface area contributed by atoms with Gasteiger partial charge < -0.3 is 5.32 Å². The van der Waals surface area contributed by atoms with Crippen molar-refractivity contribution in [3.8, 4) is 6.07 Å². The van der Waals surface area contributed by atoms with E-state index >= 15 is 0 Å². The quantitative estimate of drug-likeness (QED) is 0.845. The molecule has 0 amide bonds. The normalized spacial score (nSPS) is 14.1. The van der Waals surface area contributed by atoms with Gasteiger partial charge in [-0.2, -0.15) is 5.26 Å². The van der Waals surface area contributed by atoms with Gasteiger partial charge in [-0.15, -0.1) is 0 Å². The van der Waals surface area contributed by atoms with Gasteiger partial charge in [-0.1, -0.05) is 38.4 Å². The zero-order chi connectivity index (χ0) is 12.8. The van der Waals surface area contributed by atoms with E-state index in [1.54, 1.807) is 0 Å². The lowest BCUT2D eigenvalue weighted by molar-refractivity contribution is 0.424. The van der Waals surface area contributed by atoms with Crippen molar-refractivity contribution in [1.82, 2.24) is 0 Å². The zero-order valence-electron chi connectivity index (χ0n) is 10.6. The van der Waals surface area contributed by atoms with Crippen molar-refractivity contribution in [2.75, 3.05) is 5.32 Å². The molecule has 2 atom stereocenters. The van der Waals surface area contributed by atoms with Crippen molar-refractivity contribution in [3.63, 3.8) is 0 Å². The van der Waals surface area contributed by atoms with Crippen LogP contribution in [0, 0.1) is 23.2 Å². The molecular formula is C14H19ClN2. The summed E-state index contributed by atoms with van der Waals surface area (Å²) in [5, 5.41) is 13.1. The molecule has 0 aliphatic heterocycles. The lowest BCUT2D eigenvalue weighted by Crippen LogP contribution is -2.26. The SMILES string of the molecule is CC(C)CC(C)C(C#N)Nc1cccc(Cl)c1. The Morgan fingerprint density at radius 3 is 2.59 bits per heavy atom. The first-order chi connectivity index (χ1) is 8.02. The van der Waals surface area contributed by atoms with E-state index in [2.05, 4.69) is 32.2 Å². The summed E-state index contributed by atoms with van der Waals surface area (Å²) in [5.74, 6) is 0.918. The molecule has 0 fully saturated rings. The maximum absolute atomic E-state index is 9.19. The van der Waals surface area contributed by atoms with Crippen LogP contribution in [0.3, 0.4) is 0 Å². The van der Waals surface area contributed by atoms with Crippen LogP contribution in [0.2, 0.25) is 5.02 Å². The number of nitriles is 1. The maximum atomic E-state index is 9.19. The minimum Gasteiger partial charge on any atom is -0.370 e. The summed E-state index contributed by atoms with van der Waals surface area (Å²) < 4.78 is 0. The van der Waals surface area contributed by atoms with Crippen molar-refractivity contribution >= 4 is 17.3 Å². The molecule has 0 spiro atoms. The highest BCUT2D eigenvalue weighted by Gasteiger charge is 2.17. The van der Waals surface area contributed by atoms with Gasteiger partial charge in [-0.3, -0.25) is 0 Å². The van der Waals surface area contributed by atoms with E-state index in [1.165, 1.54) is 0 Å². The van der Waals surface area contributed by atoms with Crippen LogP contribution in [0.15, 0.2) is 24.3 Å². The molecule has 3 heteroatoms. The Bertz CT molecular complexity index is 395. The molecule has 0 heterocycles. The second-order valence-corrected chi connectivity index (χ2v) is 5.30. The van der Waals surface area contributed by atoms with Crippen LogP contribution in [0.4, 0.5) is 5.69 Å². The van der Waals surface area contributed by atoms with Crippen molar-refractivity contribution < 1.29 is 0 Å². The highest BCUT2D eigenvalue weighted by Crippen LogP contribution is 2.20. The smallest absolute Gasteiger partial charge is 0.117 e. The third-order valence-corrected chi connectivity index (χ3v) is 2.93. The van der Waals surface area contributed by atoms with E-state index in [0.29, 0.717) is 16.9 Å². The number of hydrogen-bond donors (Lipinski definition) is 1. The number of anilines is 1. The van der Waals surface area contributed by atoms with Gasteiger partial charge in [0.15, 0.2) is 0 Å². The molecule has 0 bridgehead atoms. The van der Waals surface area contributed by atoms with Crippen molar-refractivity contribution in [2.24, 2.45) is 11.8 Å². The predicted octanol–water partition coefficient (Wildman–Crippen LogP) is 4.33. The molecule has 0 radical (unpaired) electrons. The average molecular weight is 251 g/mol. The topological polar surface area (TPSA) is 35.8 Å².